The first-order chi connectivity index (χ1) is 8.10. The molecule has 0 radical (unpaired) electrons. The summed E-state index contributed by atoms with van der Waals surface area (Å²) in [6.45, 7) is 6.16. The van der Waals surface area contributed by atoms with E-state index in [1.807, 2.05) is 0 Å². The summed E-state index contributed by atoms with van der Waals surface area (Å²) in [5.74, 6) is 0. The Kier molecular flexibility index (Phi) is 4.71. The van der Waals surface area contributed by atoms with E-state index >= 15 is 0 Å². The largest absolute Gasteiger partial charge is 0.416 e. The molecular formula is C14H18ClF3. The lowest BCUT2D eigenvalue weighted by atomic mass is 9.88. The van der Waals surface area contributed by atoms with Crippen molar-refractivity contribution in [1.29, 1.82) is 0 Å². The van der Waals surface area contributed by atoms with Crippen LogP contribution in [0.5, 0.6) is 0 Å². The zero-order chi connectivity index (χ0) is 14.0. The van der Waals surface area contributed by atoms with Gasteiger partial charge in [0.15, 0.2) is 0 Å². The average molecular weight is 279 g/mol. The maximum absolute atomic E-state index is 12.4. The third-order valence-corrected chi connectivity index (χ3v) is 3.78. The van der Waals surface area contributed by atoms with Crippen LogP contribution in [0.1, 0.15) is 38.3 Å². The van der Waals surface area contributed by atoms with Crippen molar-refractivity contribution in [3.63, 3.8) is 0 Å². The van der Waals surface area contributed by atoms with Gasteiger partial charge in [0.05, 0.1) is 5.56 Å². The molecule has 4 heteroatoms. The van der Waals surface area contributed by atoms with Crippen molar-refractivity contribution >= 4 is 11.6 Å². The Morgan fingerprint density at radius 2 is 1.56 bits per heavy atom. The van der Waals surface area contributed by atoms with E-state index in [0.29, 0.717) is 6.42 Å². The molecule has 0 spiro atoms. The minimum atomic E-state index is -4.26. The van der Waals surface area contributed by atoms with Gasteiger partial charge in [0.2, 0.25) is 0 Å². The summed E-state index contributed by atoms with van der Waals surface area (Å²) in [5.41, 5.74) is 0.287. The van der Waals surface area contributed by atoms with Crippen molar-refractivity contribution < 1.29 is 13.2 Å². The van der Waals surface area contributed by atoms with Gasteiger partial charge in [-0.15, -0.1) is 11.6 Å². The zero-order valence-electron chi connectivity index (χ0n) is 10.8. The molecule has 0 nitrogen and oxygen atoms in total. The molecular weight excluding hydrogens is 261 g/mol. The molecule has 1 unspecified atom stereocenters. The van der Waals surface area contributed by atoms with E-state index in [2.05, 4.69) is 20.8 Å². The summed E-state index contributed by atoms with van der Waals surface area (Å²) in [6.07, 6.45) is -2.81. The molecule has 0 amide bonds. The molecule has 1 atom stereocenters. The van der Waals surface area contributed by atoms with Crippen LogP contribution in [0.25, 0.3) is 0 Å². The highest BCUT2D eigenvalue weighted by Gasteiger charge is 2.30. The third-order valence-electron chi connectivity index (χ3n) is 2.91. The van der Waals surface area contributed by atoms with E-state index in [-0.39, 0.29) is 10.8 Å². The predicted molar refractivity (Wildman–Crippen MR) is 68.9 cm³/mol. The maximum atomic E-state index is 12.4. The van der Waals surface area contributed by atoms with E-state index in [1.54, 1.807) is 0 Å². The van der Waals surface area contributed by atoms with Crippen molar-refractivity contribution in [3.8, 4) is 0 Å². The number of aryl methyl sites for hydroxylation is 1. The molecule has 0 aliphatic carbocycles. The summed E-state index contributed by atoms with van der Waals surface area (Å²) >= 11 is 6.23. The highest BCUT2D eigenvalue weighted by atomic mass is 35.5. The molecule has 0 N–H and O–H groups in total. The summed E-state index contributed by atoms with van der Waals surface area (Å²) in [6, 6.07) is 5.29. The molecule has 0 bridgehead atoms. The Bertz CT molecular complexity index is 374. The Morgan fingerprint density at radius 1 is 1.06 bits per heavy atom. The predicted octanol–water partition coefficient (Wildman–Crippen LogP) is 5.29. The minimum absolute atomic E-state index is 0.00741. The standard InChI is InChI=1S/C14H18ClF3/c1-13(2,3)12(15)9-6-10-4-7-11(8-5-10)14(16,17)18/h4-5,7-8,12H,6,9H2,1-3H3. The van der Waals surface area contributed by atoms with Crippen LogP contribution in [0.2, 0.25) is 0 Å². The number of alkyl halides is 4. The van der Waals surface area contributed by atoms with Crippen LogP contribution >= 0.6 is 11.6 Å². The first kappa shape index (κ1) is 15.4. The van der Waals surface area contributed by atoms with Crippen LogP contribution in [0.3, 0.4) is 0 Å². The fraction of sp³-hybridized carbons (Fsp3) is 0.571. The van der Waals surface area contributed by atoms with E-state index in [0.717, 1.165) is 24.1 Å². The maximum Gasteiger partial charge on any atom is 0.416 e. The molecule has 1 aromatic carbocycles. The van der Waals surface area contributed by atoms with Gasteiger partial charge in [-0.25, -0.2) is 0 Å². The van der Waals surface area contributed by atoms with Crippen LogP contribution in [-0.2, 0) is 12.6 Å². The van der Waals surface area contributed by atoms with E-state index < -0.39 is 11.7 Å². The molecule has 1 rings (SSSR count). The molecule has 0 saturated carbocycles. The molecule has 18 heavy (non-hydrogen) atoms. The lowest BCUT2D eigenvalue weighted by Crippen LogP contribution is -2.21. The third kappa shape index (κ3) is 4.52. The van der Waals surface area contributed by atoms with Crippen molar-refractivity contribution in [3.05, 3.63) is 35.4 Å². The smallest absolute Gasteiger partial charge is 0.166 e. The number of rotatable bonds is 3. The van der Waals surface area contributed by atoms with Gasteiger partial charge in [-0.05, 0) is 36.0 Å². The topological polar surface area (TPSA) is 0 Å². The fourth-order valence-electron chi connectivity index (χ4n) is 1.59. The fourth-order valence-corrected chi connectivity index (χ4v) is 1.70. The minimum Gasteiger partial charge on any atom is -0.166 e. The van der Waals surface area contributed by atoms with Gasteiger partial charge in [-0.3, -0.25) is 0 Å². The van der Waals surface area contributed by atoms with Gasteiger partial charge in [0.1, 0.15) is 0 Å². The second-order valence-corrected chi connectivity index (χ2v) is 6.09. The Morgan fingerprint density at radius 3 is 1.94 bits per heavy atom. The van der Waals surface area contributed by atoms with Gasteiger partial charge in [0.25, 0.3) is 0 Å². The van der Waals surface area contributed by atoms with Gasteiger partial charge in [-0.1, -0.05) is 32.9 Å². The number of hydrogen-bond donors (Lipinski definition) is 0. The summed E-state index contributed by atoms with van der Waals surface area (Å²) in [4.78, 5) is 0. The van der Waals surface area contributed by atoms with Crippen LogP contribution in [0.15, 0.2) is 24.3 Å². The quantitative estimate of drug-likeness (QED) is 0.659. The SMILES string of the molecule is CC(C)(C)C(Cl)CCc1ccc(C(F)(F)F)cc1. The molecule has 0 aliphatic heterocycles. The molecule has 0 aliphatic rings. The average Bonchev–Trinajstić information content (AvgIpc) is 2.24. The Labute approximate surface area is 111 Å². The molecule has 0 fully saturated rings. The summed E-state index contributed by atoms with van der Waals surface area (Å²) in [7, 11) is 0. The van der Waals surface area contributed by atoms with Crippen LogP contribution < -0.4 is 0 Å². The highest BCUT2D eigenvalue weighted by Crippen LogP contribution is 2.30. The zero-order valence-corrected chi connectivity index (χ0v) is 11.6. The Hall–Kier alpha value is -0.700. The monoisotopic (exact) mass is 278 g/mol. The van der Waals surface area contributed by atoms with E-state index in [1.165, 1.54) is 12.1 Å². The van der Waals surface area contributed by atoms with Crippen molar-refractivity contribution in [2.75, 3.05) is 0 Å². The molecule has 102 valence electrons. The number of halogens is 4. The number of benzene rings is 1. The molecule has 1 aromatic rings. The second kappa shape index (κ2) is 5.52. The van der Waals surface area contributed by atoms with Crippen LogP contribution in [-0.4, -0.2) is 5.38 Å². The summed E-state index contributed by atoms with van der Waals surface area (Å²) < 4.78 is 37.1. The Balaban J connectivity index is 2.60. The normalized spacial score (nSPS) is 14.6. The van der Waals surface area contributed by atoms with Gasteiger partial charge < -0.3 is 0 Å². The van der Waals surface area contributed by atoms with E-state index in [4.69, 9.17) is 11.6 Å². The lowest BCUT2D eigenvalue weighted by Gasteiger charge is -2.25. The van der Waals surface area contributed by atoms with Crippen LogP contribution in [0.4, 0.5) is 13.2 Å². The van der Waals surface area contributed by atoms with Crippen molar-refractivity contribution in [2.45, 2.75) is 45.2 Å². The second-order valence-electron chi connectivity index (χ2n) is 5.57. The van der Waals surface area contributed by atoms with Crippen molar-refractivity contribution in [2.24, 2.45) is 5.41 Å². The molecule has 0 saturated heterocycles. The number of hydrogen-bond acceptors (Lipinski definition) is 0. The van der Waals surface area contributed by atoms with Crippen molar-refractivity contribution in [1.82, 2.24) is 0 Å². The first-order valence-corrected chi connectivity index (χ1v) is 6.34. The molecule has 0 aromatic heterocycles. The first-order valence-electron chi connectivity index (χ1n) is 5.91. The van der Waals surface area contributed by atoms with Gasteiger partial charge in [-0.2, -0.15) is 13.2 Å². The molecule has 0 heterocycles. The van der Waals surface area contributed by atoms with E-state index in [9.17, 15) is 13.2 Å². The van der Waals surface area contributed by atoms with Crippen LogP contribution in [0, 0.1) is 5.41 Å². The van der Waals surface area contributed by atoms with Gasteiger partial charge in [0, 0.05) is 5.38 Å². The lowest BCUT2D eigenvalue weighted by molar-refractivity contribution is -0.137. The van der Waals surface area contributed by atoms with Gasteiger partial charge >= 0.3 is 6.18 Å². The highest BCUT2D eigenvalue weighted by molar-refractivity contribution is 6.21. The summed E-state index contributed by atoms with van der Waals surface area (Å²) in [5, 5.41) is 0.0137.